The molecule has 0 aromatic rings. The van der Waals surface area contributed by atoms with Gasteiger partial charge in [0.2, 0.25) is 0 Å². The minimum Gasteiger partial charge on any atom is -0.294 e. The fourth-order valence-electron chi connectivity index (χ4n) is 17.3. The highest BCUT2D eigenvalue weighted by atomic mass is 15.2. The van der Waals surface area contributed by atoms with Crippen molar-refractivity contribution in [2.75, 3.05) is 0 Å². The summed E-state index contributed by atoms with van der Waals surface area (Å²) >= 11 is 0. The second kappa shape index (κ2) is 11.3. The van der Waals surface area contributed by atoms with Crippen LogP contribution >= 0.6 is 0 Å². The summed E-state index contributed by atoms with van der Waals surface area (Å²) in [5.41, 5.74) is 0. The van der Waals surface area contributed by atoms with Gasteiger partial charge in [-0.2, -0.15) is 0 Å². The Labute approximate surface area is 265 Å². The maximum Gasteiger partial charge on any atom is 0.0132 e. The van der Waals surface area contributed by atoms with Crippen LogP contribution in [0.1, 0.15) is 161 Å². The van der Waals surface area contributed by atoms with E-state index in [-0.39, 0.29) is 0 Å². The molecule has 0 bridgehead atoms. The molecule has 0 amide bonds. The average Bonchev–Trinajstić information content (AvgIpc) is 3.55. The SMILES string of the molecule is C1CCC(N(C2CCCCC2)C2CCC3C4CC5CC6C(CC5CC4C4CCCC2C43)C2CCCC3CCCC6C32)CC1. The van der Waals surface area contributed by atoms with Crippen molar-refractivity contribution in [2.24, 2.45) is 82.9 Å². The highest BCUT2D eigenvalue weighted by Crippen LogP contribution is 2.69. The maximum atomic E-state index is 3.35. The molecule has 0 aromatic carbocycles. The fourth-order valence-corrected chi connectivity index (χ4v) is 17.3. The van der Waals surface area contributed by atoms with Crippen LogP contribution in [0.4, 0.5) is 0 Å². The largest absolute Gasteiger partial charge is 0.294 e. The summed E-state index contributed by atoms with van der Waals surface area (Å²) in [5.74, 6) is 16.1. The van der Waals surface area contributed by atoms with Crippen LogP contribution in [0.5, 0.6) is 0 Å². The van der Waals surface area contributed by atoms with Gasteiger partial charge in [0.25, 0.3) is 0 Å². The molecule has 10 rings (SSSR count). The van der Waals surface area contributed by atoms with Crippen LogP contribution in [0.3, 0.4) is 0 Å². The molecule has 0 radical (unpaired) electrons. The van der Waals surface area contributed by atoms with Crippen LogP contribution < -0.4 is 0 Å². The van der Waals surface area contributed by atoms with Gasteiger partial charge in [0, 0.05) is 18.1 Å². The smallest absolute Gasteiger partial charge is 0.0132 e. The molecular formula is C42H67N. The van der Waals surface area contributed by atoms with E-state index < -0.39 is 0 Å². The van der Waals surface area contributed by atoms with Crippen LogP contribution in [-0.2, 0) is 0 Å². The Morgan fingerprint density at radius 2 is 0.721 bits per heavy atom. The molecule has 0 aromatic heterocycles. The lowest BCUT2D eigenvalue weighted by atomic mass is 9.56. The van der Waals surface area contributed by atoms with Crippen LogP contribution in [0.2, 0.25) is 0 Å². The molecule has 15 unspecified atom stereocenters. The third-order valence-electron chi connectivity index (χ3n) is 18.2. The predicted octanol–water partition coefficient (Wildman–Crippen LogP) is 10.9. The molecule has 10 fully saturated rings. The van der Waals surface area contributed by atoms with Crippen molar-refractivity contribution in [3.05, 3.63) is 0 Å². The first-order valence-electron chi connectivity index (χ1n) is 21.1. The summed E-state index contributed by atoms with van der Waals surface area (Å²) in [4.78, 5) is 3.35. The van der Waals surface area contributed by atoms with Crippen molar-refractivity contribution in [3.63, 3.8) is 0 Å². The van der Waals surface area contributed by atoms with Crippen molar-refractivity contribution in [1.82, 2.24) is 4.90 Å². The molecule has 10 saturated carbocycles. The number of hydrogen-bond acceptors (Lipinski definition) is 1. The van der Waals surface area contributed by atoms with Gasteiger partial charge in [0.15, 0.2) is 0 Å². The van der Waals surface area contributed by atoms with E-state index in [2.05, 4.69) is 4.90 Å². The van der Waals surface area contributed by atoms with Crippen molar-refractivity contribution >= 4 is 0 Å². The number of nitrogens with zero attached hydrogens (tertiary/aromatic N) is 1. The van der Waals surface area contributed by atoms with Gasteiger partial charge in [-0.15, -0.1) is 0 Å². The number of fused-ring (bicyclic) bond motifs is 7. The summed E-state index contributed by atoms with van der Waals surface area (Å²) in [6, 6.07) is 2.87. The van der Waals surface area contributed by atoms with E-state index in [4.69, 9.17) is 0 Å². The monoisotopic (exact) mass is 586 g/mol. The van der Waals surface area contributed by atoms with E-state index in [1.54, 1.807) is 96.3 Å². The lowest BCUT2D eigenvalue weighted by Gasteiger charge is -2.55. The normalized spacial score (nSPS) is 54.8. The lowest BCUT2D eigenvalue weighted by Crippen LogP contribution is -2.57. The second-order valence-corrected chi connectivity index (χ2v) is 19.3. The summed E-state index contributed by atoms with van der Waals surface area (Å²) in [6.45, 7) is 0. The molecule has 0 aliphatic heterocycles. The predicted molar refractivity (Wildman–Crippen MR) is 177 cm³/mol. The zero-order valence-corrected chi connectivity index (χ0v) is 27.9. The number of hydrogen-bond donors (Lipinski definition) is 0. The Morgan fingerprint density at radius 3 is 1.26 bits per heavy atom. The Hall–Kier alpha value is -0.0400. The first-order chi connectivity index (χ1) is 21.3. The zero-order chi connectivity index (χ0) is 28.1. The Bertz CT molecular complexity index is 931. The van der Waals surface area contributed by atoms with Gasteiger partial charge >= 0.3 is 0 Å². The number of rotatable bonds is 3. The van der Waals surface area contributed by atoms with Crippen molar-refractivity contribution in [1.29, 1.82) is 0 Å². The van der Waals surface area contributed by atoms with E-state index in [0.717, 1.165) is 71.4 Å². The first-order valence-corrected chi connectivity index (χ1v) is 21.1. The van der Waals surface area contributed by atoms with E-state index in [0.29, 0.717) is 0 Å². The Balaban J connectivity index is 0.906. The lowest BCUT2D eigenvalue weighted by molar-refractivity contribution is -0.0558. The third kappa shape index (κ3) is 4.43. The summed E-state index contributed by atoms with van der Waals surface area (Å²) in [7, 11) is 0. The van der Waals surface area contributed by atoms with Gasteiger partial charge in [-0.3, -0.25) is 4.90 Å². The van der Waals surface area contributed by atoms with Crippen LogP contribution in [0, 0.1) is 82.9 Å². The molecule has 10 aliphatic rings. The van der Waals surface area contributed by atoms with E-state index in [1.807, 2.05) is 0 Å². The van der Waals surface area contributed by atoms with Crippen molar-refractivity contribution in [3.8, 4) is 0 Å². The van der Waals surface area contributed by atoms with Crippen molar-refractivity contribution in [2.45, 2.75) is 179 Å². The van der Waals surface area contributed by atoms with Gasteiger partial charge in [-0.1, -0.05) is 70.6 Å². The maximum absolute atomic E-state index is 3.35. The molecule has 15 atom stereocenters. The Kier molecular flexibility index (Phi) is 7.36. The van der Waals surface area contributed by atoms with E-state index in [1.165, 1.54) is 93.8 Å². The molecule has 0 N–H and O–H groups in total. The summed E-state index contributed by atoms with van der Waals surface area (Å²) in [6.07, 6.45) is 39.9. The molecule has 0 saturated heterocycles. The molecule has 1 nitrogen and oxygen atoms in total. The molecular weight excluding hydrogens is 518 g/mol. The quantitative estimate of drug-likeness (QED) is 0.318. The standard InChI is InChI=1S/C42H67N/c1-3-12-29(13-4-1)43(30-14-5-2-6-15-30)40-21-20-34-39-25-28-23-37-32-17-8-11-26-10-7-16-31(41(26)32)36(37)22-27(28)24-38(39)33-18-9-19-35(40)42(33)34/h26-42H,1-25H2. The molecule has 1 heteroatoms. The summed E-state index contributed by atoms with van der Waals surface area (Å²) < 4.78 is 0. The molecule has 43 heavy (non-hydrogen) atoms. The molecule has 10 aliphatic carbocycles. The zero-order valence-electron chi connectivity index (χ0n) is 27.9. The summed E-state index contributed by atoms with van der Waals surface area (Å²) in [5, 5.41) is 0. The molecule has 240 valence electrons. The molecule has 0 spiro atoms. The van der Waals surface area contributed by atoms with Crippen LogP contribution in [-0.4, -0.2) is 23.0 Å². The molecule has 0 heterocycles. The van der Waals surface area contributed by atoms with Gasteiger partial charge in [0.05, 0.1) is 0 Å². The highest BCUT2D eigenvalue weighted by Gasteiger charge is 2.63. The van der Waals surface area contributed by atoms with Gasteiger partial charge in [-0.05, 0) is 173 Å². The average molecular weight is 586 g/mol. The van der Waals surface area contributed by atoms with Gasteiger partial charge in [0.1, 0.15) is 0 Å². The van der Waals surface area contributed by atoms with Crippen LogP contribution in [0.25, 0.3) is 0 Å². The van der Waals surface area contributed by atoms with Gasteiger partial charge < -0.3 is 0 Å². The first kappa shape index (κ1) is 28.0. The minimum atomic E-state index is 0.952. The fraction of sp³-hybridized carbons (Fsp3) is 1.00. The highest BCUT2D eigenvalue weighted by molar-refractivity contribution is 5.12. The van der Waals surface area contributed by atoms with Crippen LogP contribution in [0.15, 0.2) is 0 Å². The van der Waals surface area contributed by atoms with Crippen molar-refractivity contribution < 1.29 is 0 Å². The third-order valence-corrected chi connectivity index (χ3v) is 18.2. The van der Waals surface area contributed by atoms with Gasteiger partial charge in [-0.25, -0.2) is 0 Å². The van der Waals surface area contributed by atoms with E-state index in [9.17, 15) is 0 Å². The van der Waals surface area contributed by atoms with E-state index >= 15 is 0 Å². The topological polar surface area (TPSA) is 3.24 Å². The second-order valence-electron chi connectivity index (χ2n) is 19.3. The minimum absolute atomic E-state index is 0.952. The Morgan fingerprint density at radius 1 is 0.279 bits per heavy atom.